The van der Waals surface area contributed by atoms with Crippen LogP contribution in [0, 0.1) is 5.92 Å². The van der Waals surface area contributed by atoms with Crippen LogP contribution >= 0.6 is 34.5 Å². The van der Waals surface area contributed by atoms with Crippen LogP contribution in [0.25, 0.3) is 0 Å². The molecule has 1 aliphatic carbocycles. The minimum atomic E-state index is -0.357. The normalized spacial score (nSPS) is 18.6. The van der Waals surface area contributed by atoms with Crippen molar-refractivity contribution in [1.29, 1.82) is 0 Å². The molecule has 2 atom stereocenters. The fourth-order valence-corrected chi connectivity index (χ4v) is 5.08. The van der Waals surface area contributed by atoms with Gasteiger partial charge in [0.1, 0.15) is 10.6 Å². The molecular formula is C22H24Cl2O4S. The van der Waals surface area contributed by atoms with Gasteiger partial charge in [-0.3, -0.25) is 0 Å². The summed E-state index contributed by atoms with van der Waals surface area (Å²) in [5, 5.41) is 11.4. The highest BCUT2D eigenvalue weighted by atomic mass is 35.5. The molecule has 0 spiro atoms. The van der Waals surface area contributed by atoms with Crippen molar-refractivity contribution >= 4 is 40.5 Å². The molecule has 1 aromatic heterocycles. The lowest BCUT2D eigenvalue weighted by atomic mass is 9.92. The summed E-state index contributed by atoms with van der Waals surface area (Å²) < 4.78 is 10.5. The molecule has 1 aliphatic rings. The Morgan fingerprint density at radius 3 is 2.69 bits per heavy atom. The van der Waals surface area contributed by atoms with Crippen molar-refractivity contribution in [2.24, 2.45) is 5.92 Å². The summed E-state index contributed by atoms with van der Waals surface area (Å²) in [7, 11) is 1.39. The Bertz CT molecular complexity index is 857. The fourth-order valence-electron chi connectivity index (χ4n) is 3.61. The van der Waals surface area contributed by atoms with E-state index in [1.165, 1.54) is 28.9 Å². The second-order valence-corrected chi connectivity index (χ2v) is 9.08. The molecule has 4 nitrogen and oxygen atoms in total. The van der Waals surface area contributed by atoms with E-state index >= 15 is 0 Å². The number of benzene rings is 1. The van der Waals surface area contributed by atoms with E-state index in [0.717, 1.165) is 25.7 Å². The van der Waals surface area contributed by atoms with E-state index in [9.17, 15) is 9.90 Å². The van der Waals surface area contributed by atoms with Gasteiger partial charge in [-0.15, -0.1) is 11.3 Å². The van der Waals surface area contributed by atoms with Crippen LogP contribution in [0.1, 0.15) is 40.2 Å². The maximum atomic E-state index is 11.6. The van der Waals surface area contributed by atoms with Crippen LogP contribution in [0.5, 0.6) is 5.75 Å². The van der Waals surface area contributed by atoms with Gasteiger partial charge >= 0.3 is 5.97 Å². The van der Waals surface area contributed by atoms with E-state index in [-0.39, 0.29) is 18.0 Å². The molecule has 0 bridgehead atoms. The number of aryl methyl sites for hydroxylation is 1. The van der Waals surface area contributed by atoms with Crippen LogP contribution in [0.3, 0.4) is 0 Å². The standard InChI is InChI=1S/C22H24Cl2O4S/c1-27-22(26)21-8-6-18(29-21)4-2-3-14-5-7-20(25)19(14)9-10-28-17-12-15(23)11-16(24)13-17/h5-6,8,11-13,19-20,25H,2-4,7,9-10H2,1H3/t19-,20-/m1/s1. The largest absolute Gasteiger partial charge is 0.493 e. The number of hydrogen-bond donors (Lipinski definition) is 1. The molecular weight excluding hydrogens is 431 g/mol. The number of halogens is 2. The van der Waals surface area contributed by atoms with Crippen molar-refractivity contribution in [3.05, 3.63) is 61.8 Å². The number of ether oxygens (including phenoxy) is 2. The summed E-state index contributed by atoms with van der Waals surface area (Å²) in [4.78, 5) is 13.4. The smallest absolute Gasteiger partial charge is 0.348 e. The lowest BCUT2D eigenvalue weighted by Gasteiger charge is -2.19. The Morgan fingerprint density at radius 2 is 1.97 bits per heavy atom. The third kappa shape index (κ3) is 6.22. The van der Waals surface area contributed by atoms with Crippen molar-refractivity contribution in [2.45, 2.75) is 38.2 Å². The summed E-state index contributed by atoms with van der Waals surface area (Å²) in [5.74, 6) is 0.460. The molecule has 0 unspecified atom stereocenters. The third-order valence-electron chi connectivity index (χ3n) is 5.03. The molecule has 1 N–H and O–H groups in total. The average Bonchev–Trinajstić information content (AvgIpc) is 3.28. The Labute approximate surface area is 185 Å². The Morgan fingerprint density at radius 1 is 1.21 bits per heavy atom. The molecule has 2 aromatic rings. The summed E-state index contributed by atoms with van der Waals surface area (Å²) in [6, 6.07) is 8.93. The second kappa shape index (κ2) is 10.5. The van der Waals surface area contributed by atoms with Crippen LogP contribution in [-0.2, 0) is 11.2 Å². The summed E-state index contributed by atoms with van der Waals surface area (Å²) in [6.07, 6.45) is 6.03. The van der Waals surface area contributed by atoms with Crippen LogP contribution in [0.4, 0.5) is 0 Å². The zero-order valence-electron chi connectivity index (χ0n) is 16.2. The second-order valence-electron chi connectivity index (χ2n) is 7.04. The zero-order valence-corrected chi connectivity index (χ0v) is 18.5. The molecule has 1 heterocycles. The monoisotopic (exact) mass is 454 g/mol. The molecule has 0 fully saturated rings. The van der Waals surface area contributed by atoms with E-state index < -0.39 is 0 Å². The Balaban J connectivity index is 1.46. The van der Waals surface area contributed by atoms with Gasteiger partial charge in [0.05, 0.1) is 19.8 Å². The first-order chi connectivity index (χ1) is 14.0. The average molecular weight is 455 g/mol. The molecule has 0 amide bonds. The van der Waals surface area contributed by atoms with E-state index in [1.54, 1.807) is 18.2 Å². The Kier molecular flexibility index (Phi) is 8.01. The molecule has 0 saturated carbocycles. The van der Waals surface area contributed by atoms with E-state index in [1.807, 2.05) is 12.1 Å². The number of hydrogen-bond acceptors (Lipinski definition) is 5. The quantitative estimate of drug-likeness (QED) is 0.376. The molecule has 0 radical (unpaired) electrons. The number of carbonyl (C=O) groups excluding carboxylic acids is 1. The first kappa shape index (κ1) is 22.2. The van der Waals surface area contributed by atoms with Crippen molar-refractivity contribution in [3.63, 3.8) is 0 Å². The van der Waals surface area contributed by atoms with Gasteiger partial charge in [0, 0.05) is 20.8 Å². The molecule has 156 valence electrons. The highest BCUT2D eigenvalue weighted by Gasteiger charge is 2.27. The predicted molar refractivity (Wildman–Crippen MR) is 117 cm³/mol. The lowest BCUT2D eigenvalue weighted by molar-refractivity contribution is 0.0606. The van der Waals surface area contributed by atoms with Crippen LogP contribution in [0.15, 0.2) is 42.0 Å². The molecule has 1 aromatic carbocycles. The van der Waals surface area contributed by atoms with Crippen LogP contribution < -0.4 is 4.74 Å². The topological polar surface area (TPSA) is 55.8 Å². The number of thiophene rings is 1. The molecule has 29 heavy (non-hydrogen) atoms. The maximum absolute atomic E-state index is 11.6. The molecule has 0 aliphatic heterocycles. The highest BCUT2D eigenvalue weighted by Crippen LogP contribution is 2.33. The van der Waals surface area contributed by atoms with Crippen molar-refractivity contribution < 1.29 is 19.4 Å². The third-order valence-corrected chi connectivity index (χ3v) is 6.59. The first-order valence-electron chi connectivity index (χ1n) is 9.59. The number of carbonyl (C=O) groups is 1. The molecule has 0 saturated heterocycles. The van der Waals surface area contributed by atoms with Crippen LogP contribution in [-0.4, -0.2) is 30.9 Å². The van der Waals surface area contributed by atoms with Crippen molar-refractivity contribution in [2.75, 3.05) is 13.7 Å². The van der Waals surface area contributed by atoms with Gasteiger partial charge in [-0.25, -0.2) is 4.79 Å². The summed E-state index contributed by atoms with van der Waals surface area (Å²) in [6.45, 7) is 0.489. The maximum Gasteiger partial charge on any atom is 0.348 e. The van der Waals surface area contributed by atoms with Crippen LogP contribution in [0.2, 0.25) is 10.0 Å². The summed E-state index contributed by atoms with van der Waals surface area (Å²) in [5.41, 5.74) is 1.29. The van der Waals surface area contributed by atoms with Gasteiger partial charge in [-0.2, -0.15) is 0 Å². The minimum Gasteiger partial charge on any atom is -0.493 e. The van der Waals surface area contributed by atoms with Crippen molar-refractivity contribution in [1.82, 2.24) is 0 Å². The number of aliphatic hydroxyl groups is 1. The zero-order chi connectivity index (χ0) is 20.8. The van der Waals surface area contributed by atoms with Gasteiger partial charge in [0.25, 0.3) is 0 Å². The van der Waals surface area contributed by atoms with Gasteiger partial charge in [0.2, 0.25) is 0 Å². The van der Waals surface area contributed by atoms with Gasteiger partial charge in [-0.05, 0) is 62.4 Å². The van der Waals surface area contributed by atoms with E-state index in [0.29, 0.717) is 33.7 Å². The van der Waals surface area contributed by atoms with Crippen molar-refractivity contribution in [3.8, 4) is 5.75 Å². The van der Waals surface area contributed by atoms with Gasteiger partial charge < -0.3 is 14.6 Å². The number of esters is 1. The molecule has 3 rings (SSSR count). The van der Waals surface area contributed by atoms with Gasteiger partial charge in [0.15, 0.2) is 0 Å². The van der Waals surface area contributed by atoms with Gasteiger partial charge in [-0.1, -0.05) is 34.9 Å². The minimum absolute atomic E-state index is 0.110. The van der Waals surface area contributed by atoms with E-state index in [2.05, 4.69) is 6.08 Å². The van der Waals surface area contributed by atoms with E-state index in [4.69, 9.17) is 32.7 Å². The lowest BCUT2D eigenvalue weighted by Crippen LogP contribution is -2.19. The fraction of sp³-hybridized carbons (Fsp3) is 0.409. The number of rotatable bonds is 9. The number of aliphatic hydroxyl groups excluding tert-OH is 1. The predicted octanol–water partition coefficient (Wildman–Crippen LogP) is 5.94. The Hall–Kier alpha value is -1.53. The summed E-state index contributed by atoms with van der Waals surface area (Å²) >= 11 is 13.5. The highest BCUT2D eigenvalue weighted by molar-refractivity contribution is 7.13. The number of methoxy groups -OCH3 is 1. The molecule has 7 heteroatoms. The first-order valence-corrected chi connectivity index (χ1v) is 11.2. The SMILES string of the molecule is COC(=O)c1ccc(CCCC2=CC[C@@H](O)[C@@H]2CCOc2cc(Cl)cc(Cl)c2)s1.